The number of anilines is 4. The Balaban J connectivity index is 0.00000164. The van der Waals surface area contributed by atoms with E-state index in [0.717, 1.165) is 18.5 Å². The number of aromatic nitrogens is 7. The highest BCUT2D eigenvalue weighted by atomic mass is 16.5. The molecule has 0 unspecified atom stereocenters. The molecule has 1 aliphatic carbocycles. The van der Waals surface area contributed by atoms with E-state index in [1.807, 2.05) is 30.8 Å². The first-order valence-electron chi connectivity index (χ1n) is 12.7. The van der Waals surface area contributed by atoms with Crippen LogP contribution in [0.4, 0.5) is 23.1 Å². The molecule has 0 bridgehead atoms. The van der Waals surface area contributed by atoms with Crippen LogP contribution in [0.25, 0.3) is 11.4 Å². The van der Waals surface area contributed by atoms with Crippen molar-refractivity contribution >= 4 is 29.1 Å². The number of hydrogen-bond donors (Lipinski definition) is 3. The second kappa shape index (κ2) is 12.2. The molecule has 1 aromatic carbocycles. The van der Waals surface area contributed by atoms with Crippen molar-refractivity contribution in [2.75, 3.05) is 17.7 Å². The van der Waals surface area contributed by atoms with Gasteiger partial charge in [0.15, 0.2) is 17.4 Å². The maximum absolute atomic E-state index is 11.9. The topological polar surface area (TPSA) is 145 Å². The van der Waals surface area contributed by atoms with Gasteiger partial charge in [0.1, 0.15) is 11.9 Å². The highest BCUT2D eigenvalue weighted by Crippen LogP contribution is 2.37. The van der Waals surface area contributed by atoms with Crippen LogP contribution in [-0.2, 0) is 7.05 Å². The molecular formula is C26H33N9O3. The zero-order chi connectivity index (χ0) is 27.1. The molecule has 3 N–H and O–H groups in total. The van der Waals surface area contributed by atoms with Crippen molar-refractivity contribution in [1.29, 1.82) is 0 Å². The van der Waals surface area contributed by atoms with Crippen molar-refractivity contribution in [2.24, 2.45) is 7.05 Å². The van der Waals surface area contributed by atoms with E-state index in [9.17, 15) is 9.90 Å². The number of carboxylic acid groups (broad SMARTS) is 1. The van der Waals surface area contributed by atoms with Gasteiger partial charge in [-0.2, -0.15) is 15.2 Å². The molecule has 0 atom stereocenters. The lowest BCUT2D eigenvalue weighted by atomic mass is 9.96. The molecule has 38 heavy (non-hydrogen) atoms. The number of aryl methyl sites for hydroxylation is 1. The molecule has 0 amide bonds. The van der Waals surface area contributed by atoms with Crippen LogP contribution < -0.4 is 15.4 Å². The van der Waals surface area contributed by atoms with Crippen LogP contribution >= 0.6 is 0 Å². The standard InChI is InChI=1S/C24H27N9O3.C2H6/c1-32-14-26-21(31-32)17-9-6-10-19(20(17)36-2)29-22-18(23(34)35)12-25-24(30-22)28-15-11-27-33(13-15)16-7-4-3-5-8-16;1-2/h6,9-14,16H,3-5,7-8H2,1-2H3,(H,34,35)(H2,25,28,29,30);1-2H3. The Kier molecular flexibility index (Phi) is 8.51. The Morgan fingerprint density at radius 2 is 1.89 bits per heavy atom. The van der Waals surface area contributed by atoms with Gasteiger partial charge < -0.3 is 20.5 Å². The summed E-state index contributed by atoms with van der Waals surface area (Å²) < 4.78 is 9.20. The number of carboxylic acids is 1. The van der Waals surface area contributed by atoms with Gasteiger partial charge in [-0.15, -0.1) is 0 Å². The quantitative estimate of drug-likeness (QED) is 0.284. The maximum atomic E-state index is 11.9. The van der Waals surface area contributed by atoms with Crippen molar-refractivity contribution in [3.05, 3.63) is 48.7 Å². The van der Waals surface area contributed by atoms with Gasteiger partial charge in [0.2, 0.25) is 5.95 Å². The highest BCUT2D eigenvalue weighted by Gasteiger charge is 2.20. The zero-order valence-corrected chi connectivity index (χ0v) is 22.0. The van der Waals surface area contributed by atoms with E-state index >= 15 is 0 Å². The van der Waals surface area contributed by atoms with Crippen LogP contribution in [0.15, 0.2) is 43.1 Å². The molecule has 0 saturated heterocycles. The fourth-order valence-electron chi connectivity index (χ4n) is 4.39. The summed E-state index contributed by atoms with van der Waals surface area (Å²) in [5, 5.41) is 24.8. The predicted molar refractivity (Wildman–Crippen MR) is 144 cm³/mol. The average Bonchev–Trinajstić information content (AvgIpc) is 3.59. The Hall–Kier alpha value is -4.48. The minimum atomic E-state index is -1.16. The second-order valence-electron chi connectivity index (χ2n) is 8.64. The minimum absolute atomic E-state index is 0.0816. The number of ether oxygens (including phenoxy) is 1. The van der Waals surface area contributed by atoms with Gasteiger partial charge in [-0.05, 0) is 25.0 Å². The SMILES string of the molecule is CC.COc1c(Nc2nc(Nc3cnn(C4CCCCC4)c3)ncc2C(=O)O)cccc1-c1ncn(C)n1. The van der Waals surface area contributed by atoms with E-state index in [1.165, 1.54) is 32.6 Å². The van der Waals surface area contributed by atoms with E-state index in [2.05, 4.69) is 35.8 Å². The molecule has 12 heteroatoms. The van der Waals surface area contributed by atoms with Crippen LogP contribution in [0.2, 0.25) is 0 Å². The van der Waals surface area contributed by atoms with Crippen molar-refractivity contribution < 1.29 is 14.6 Å². The summed E-state index contributed by atoms with van der Waals surface area (Å²) in [5.74, 6) is 0.144. The average molecular weight is 520 g/mol. The summed E-state index contributed by atoms with van der Waals surface area (Å²) in [6.45, 7) is 4.00. The number of aromatic carboxylic acids is 1. The first kappa shape index (κ1) is 26.6. The number of benzene rings is 1. The number of para-hydroxylation sites is 1. The zero-order valence-electron chi connectivity index (χ0n) is 22.0. The number of carbonyl (C=O) groups is 1. The molecule has 0 spiro atoms. The fourth-order valence-corrected chi connectivity index (χ4v) is 4.39. The Morgan fingerprint density at radius 1 is 1.11 bits per heavy atom. The third-order valence-corrected chi connectivity index (χ3v) is 6.14. The van der Waals surface area contributed by atoms with Crippen LogP contribution in [0.1, 0.15) is 62.4 Å². The van der Waals surface area contributed by atoms with Crippen molar-refractivity contribution in [3.8, 4) is 17.1 Å². The molecule has 12 nitrogen and oxygen atoms in total. The van der Waals surface area contributed by atoms with E-state index < -0.39 is 5.97 Å². The Labute approximate surface area is 221 Å². The smallest absolute Gasteiger partial charge is 0.341 e. The van der Waals surface area contributed by atoms with Crippen molar-refractivity contribution in [1.82, 2.24) is 34.5 Å². The van der Waals surface area contributed by atoms with Gasteiger partial charge in [0, 0.05) is 19.4 Å². The molecular weight excluding hydrogens is 486 g/mol. The number of nitrogens with one attached hydrogen (secondary N) is 2. The van der Waals surface area contributed by atoms with Crippen LogP contribution in [0.3, 0.4) is 0 Å². The third-order valence-electron chi connectivity index (χ3n) is 6.14. The molecule has 200 valence electrons. The lowest BCUT2D eigenvalue weighted by Crippen LogP contribution is -2.13. The molecule has 1 aliphatic rings. The fraction of sp³-hybridized carbons (Fsp3) is 0.385. The summed E-state index contributed by atoms with van der Waals surface area (Å²) >= 11 is 0. The number of hydrogen-bond acceptors (Lipinski definition) is 9. The first-order valence-corrected chi connectivity index (χ1v) is 12.7. The number of nitrogens with zero attached hydrogens (tertiary/aromatic N) is 7. The molecule has 1 saturated carbocycles. The van der Waals surface area contributed by atoms with Crippen LogP contribution in [0, 0.1) is 0 Å². The largest absolute Gasteiger partial charge is 0.494 e. The van der Waals surface area contributed by atoms with E-state index in [4.69, 9.17) is 4.74 Å². The molecule has 5 rings (SSSR count). The van der Waals surface area contributed by atoms with Crippen molar-refractivity contribution in [2.45, 2.75) is 52.0 Å². The number of rotatable bonds is 8. The van der Waals surface area contributed by atoms with Gasteiger partial charge in [-0.3, -0.25) is 9.36 Å². The minimum Gasteiger partial charge on any atom is -0.494 e. The molecule has 0 aliphatic heterocycles. The summed E-state index contributed by atoms with van der Waals surface area (Å²) in [6.07, 6.45) is 12.5. The summed E-state index contributed by atoms with van der Waals surface area (Å²) in [6, 6.07) is 5.79. The second-order valence-corrected chi connectivity index (χ2v) is 8.64. The Bertz CT molecular complexity index is 1380. The van der Waals surface area contributed by atoms with Gasteiger partial charge in [0.25, 0.3) is 0 Å². The molecule has 3 aromatic heterocycles. The molecule has 0 radical (unpaired) electrons. The van der Waals surface area contributed by atoms with Gasteiger partial charge in [-0.25, -0.2) is 14.8 Å². The van der Waals surface area contributed by atoms with Gasteiger partial charge >= 0.3 is 5.97 Å². The van der Waals surface area contributed by atoms with E-state index in [0.29, 0.717) is 28.9 Å². The number of methoxy groups -OCH3 is 1. The summed E-state index contributed by atoms with van der Waals surface area (Å²) in [7, 11) is 3.31. The first-order chi connectivity index (χ1) is 18.5. The van der Waals surface area contributed by atoms with Gasteiger partial charge in [-0.1, -0.05) is 39.2 Å². The monoisotopic (exact) mass is 519 g/mol. The molecule has 1 fully saturated rings. The summed E-state index contributed by atoms with van der Waals surface area (Å²) in [4.78, 5) is 24.8. The van der Waals surface area contributed by atoms with Crippen LogP contribution in [0.5, 0.6) is 5.75 Å². The van der Waals surface area contributed by atoms with Gasteiger partial charge in [0.05, 0.1) is 36.3 Å². The van der Waals surface area contributed by atoms with E-state index in [1.54, 1.807) is 36.4 Å². The van der Waals surface area contributed by atoms with Crippen LogP contribution in [-0.4, -0.2) is 52.7 Å². The molecule has 4 aromatic rings. The highest BCUT2D eigenvalue weighted by molar-refractivity contribution is 5.94. The predicted octanol–water partition coefficient (Wildman–Crippen LogP) is 5.19. The molecule has 3 heterocycles. The Morgan fingerprint density at radius 3 is 2.58 bits per heavy atom. The maximum Gasteiger partial charge on any atom is 0.341 e. The van der Waals surface area contributed by atoms with Crippen molar-refractivity contribution in [3.63, 3.8) is 0 Å². The lowest BCUT2D eigenvalue weighted by molar-refractivity contribution is 0.0697. The normalized spacial score (nSPS) is 13.4. The van der Waals surface area contributed by atoms with E-state index in [-0.39, 0.29) is 17.3 Å². The lowest BCUT2D eigenvalue weighted by Gasteiger charge is -2.21. The third kappa shape index (κ3) is 5.90. The summed E-state index contributed by atoms with van der Waals surface area (Å²) in [5.41, 5.74) is 1.82.